The molecule has 2 aromatic heterocycles. The molecule has 28 heavy (non-hydrogen) atoms. The number of hydrogen-bond donors (Lipinski definition) is 1. The van der Waals surface area contributed by atoms with Gasteiger partial charge in [0.1, 0.15) is 23.7 Å². The lowest BCUT2D eigenvalue weighted by atomic mass is 10.2. The first-order chi connectivity index (χ1) is 13.3. The maximum atomic E-state index is 12.5. The summed E-state index contributed by atoms with van der Waals surface area (Å²) in [6, 6.07) is 10.8. The smallest absolute Gasteiger partial charge is 0.419 e. The van der Waals surface area contributed by atoms with Crippen LogP contribution in [0.2, 0.25) is 0 Å². The fourth-order valence-corrected chi connectivity index (χ4v) is 2.65. The summed E-state index contributed by atoms with van der Waals surface area (Å²) < 4.78 is 12.6. The molecule has 0 radical (unpaired) electrons. The Morgan fingerprint density at radius 1 is 1.18 bits per heavy atom. The summed E-state index contributed by atoms with van der Waals surface area (Å²) in [6.07, 6.45) is 1.18. The van der Waals surface area contributed by atoms with Gasteiger partial charge in [-0.25, -0.2) is 9.36 Å². The molecule has 3 aromatic rings. The van der Waals surface area contributed by atoms with E-state index in [1.54, 1.807) is 52.1 Å². The van der Waals surface area contributed by atoms with Gasteiger partial charge in [-0.2, -0.15) is 0 Å². The van der Waals surface area contributed by atoms with Crippen LogP contribution < -0.4 is 4.74 Å². The molecular weight excluding hydrogens is 356 g/mol. The molecule has 0 saturated carbocycles. The standard InChI is InChI=1S/C20H22N2O4.C2H6/c1-13-18(23)16-11-15(25-12-14-7-5-6-10-21-14)8-9-17(16)22(13)19(24)26-20(2,3)4;1-2/h5-11,23H,12H2,1-4H3;1-2H3. The molecule has 0 bridgehead atoms. The second-order valence-electron chi connectivity index (χ2n) is 7.04. The van der Waals surface area contributed by atoms with Gasteiger partial charge < -0.3 is 14.6 Å². The zero-order chi connectivity index (χ0) is 20.9. The molecule has 0 aliphatic heterocycles. The van der Waals surface area contributed by atoms with E-state index >= 15 is 0 Å². The van der Waals surface area contributed by atoms with Crippen molar-refractivity contribution in [3.63, 3.8) is 0 Å². The summed E-state index contributed by atoms with van der Waals surface area (Å²) in [5.74, 6) is 0.619. The van der Waals surface area contributed by atoms with Gasteiger partial charge >= 0.3 is 6.09 Å². The molecule has 2 heterocycles. The normalized spacial score (nSPS) is 10.9. The minimum absolute atomic E-state index is 0.0362. The van der Waals surface area contributed by atoms with Crippen molar-refractivity contribution in [2.45, 2.75) is 53.8 Å². The maximum Gasteiger partial charge on any atom is 0.419 e. The van der Waals surface area contributed by atoms with Crippen molar-refractivity contribution in [2.24, 2.45) is 0 Å². The highest BCUT2D eigenvalue weighted by atomic mass is 16.6. The van der Waals surface area contributed by atoms with E-state index in [0.29, 0.717) is 29.0 Å². The maximum absolute atomic E-state index is 12.5. The summed E-state index contributed by atoms with van der Waals surface area (Å²) in [5, 5.41) is 11.0. The Morgan fingerprint density at radius 2 is 1.89 bits per heavy atom. The molecule has 0 saturated heterocycles. The van der Waals surface area contributed by atoms with Crippen molar-refractivity contribution in [3.8, 4) is 11.5 Å². The number of carbonyl (C=O) groups excluding carboxylic acids is 1. The van der Waals surface area contributed by atoms with Crippen molar-refractivity contribution < 1.29 is 19.4 Å². The van der Waals surface area contributed by atoms with Crippen LogP contribution in [0.25, 0.3) is 10.9 Å². The van der Waals surface area contributed by atoms with Crippen molar-refractivity contribution in [3.05, 3.63) is 54.0 Å². The Morgan fingerprint density at radius 3 is 2.50 bits per heavy atom. The van der Waals surface area contributed by atoms with Crippen molar-refractivity contribution in [2.75, 3.05) is 0 Å². The summed E-state index contributed by atoms with van der Waals surface area (Å²) in [4.78, 5) is 16.7. The van der Waals surface area contributed by atoms with Crippen molar-refractivity contribution >= 4 is 17.0 Å². The highest BCUT2D eigenvalue weighted by Crippen LogP contribution is 2.34. The van der Waals surface area contributed by atoms with Gasteiger partial charge in [-0.3, -0.25) is 4.98 Å². The molecule has 0 atom stereocenters. The summed E-state index contributed by atoms with van der Waals surface area (Å²) >= 11 is 0. The molecule has 3 rings (SSSR count). The average molecular weight is 384 g/mol. The molecule has 150 valence electrons. The number of benzene rings is 1. The topological polar surface area (TPSA) is 73.6 Å². The molecule has 0 amide bonds. The Hall–Kier alpha value is -3.02. The molecule has 0 spiro atoms. The molecule has 6 nitrogen and oxygen atoms in total. The van der Waals surface area contributed by atoms with Crippen LogP contribution in [0.4, 0.5) is 4.79 Å². The van der Waals surface area contributed by atoms with Gasteiger partial charge in [0.15, 0.2) is 0 Å². The third kappa shape index (κ3) is 4.82. The third-order valence-electron chi connectivity index (χ3n) is 3.83. The minimum atomic E-state index is -0.624. The SMILES string of the molecule is CC.Cc1c(O)c2cc(OCc3ccccn3)ccc2n1C(=O)OC(C)(C)C. The molecule has 0 aliphatic carbocycles. The predicted molar refractivity (Wildman–Crippen MR) is 110 cm³/mol. The average Bonchev–Trinajstić information content (AvgIpc) is 2.92. The summed E-state index contributed by atoms with van der Waals surface area (Å²) in [6.45, 7) is 11.4. The number of aromatic nitrogens is 2. The zero-order valence-electron chi connectivity index (χ0n) is 17.3. The number of carbonyl (C=O) groups is 1. The number of nitrogens with zero attached hydrogens (tertiary/aromatic N) is 2. The van der Waals surface area contributed by atoms with E-state index in [2.05, 4.69) is 4.98 Å². The Balaban J connectivity index is 0.00000136. The van der Waals surface area contributed by atoms with Gasteiger partial charge in [0, 0.05) is 11.6 Å². The lowest BCUT2D eigenvalue weighted by Crippen LogP contribution is -2.27. The van der Waals surface area contributed by atoms with E-state index in [1.165, 1.54) is 4.57 Å². The van der Waals surface area contributed by atoms with Gasteiger partial charge in [-0.1, -0.05) is 19.9 Å². The van der Waals surface area contributed by atoms with Crippen molar-refractivity contribution in [1.82, 2.24) is 9.55 Å². The van der Waals surface area contributed by atoms with E-state index in [1.807, 2.05) is 32.0 Å². The molecule has 0 fully saturated rings. The molecular formula is C22H28N2O4. The summed E-state index contributed by atoms with van der Waals surface area (Å²) in [7, 11) is 0. The minimum Gasteiger partial charge on any atom is -0.505 e. The lowest BCUT2D eigenvalue weighted by molar-refractivity contribution is 0.0540. The third-order valence-corrected chi connectivity index (χ3v) is 3.83. The first-order valence-corrected chi connectivity index (χ1v) is 9.36. The number of hydrogen-bond acceptors (Lipinski definition) is 5. The van der Waals surface area contributed by atoms with Gasteiger partial charge in [-0.05, 0) is 58.0 Å². The number of rotatable bonds is 3. The highest BCUT2D eigenvalue weighted by molar-refractivity contribution is 5.96. The molecule has 6 heteroatoms. The van der Waals surface area contributed by atoms with Crippen LogP contribution in [0.3, 0.4) is 0 Å². The lowest BCUT2D eigenvalue weighted by Gasteiger charge is -2.20. The number of aromatic hydroxyl groups is 1. The van der Waals surface area contributed by atoms with E-state index in [0.717, 1.165) is 5.69 Å². The predicted octanol–water partition coefficient (Wildman–Crippen LogP) is 5.44. The van der Waals surface area contributed by atoms with E-state index in [4.69, 9.17) is 9.47 Å². The Labute approximate surface area is 165 Å². The van der Waals surface area contributed by atoms with E-state index in [9.17, 15) is 9.90 Å². The fourth-order valence-electron chi connectivity index (χ4n) is 2.65. The Bertz CT molecular complexity index is 941. The van der Waals surface area contributed by atoms with Gasteiger partial charge in [0.05, 0.1) is 16.9 Å². The zero-order valence-corrected chi connectivity index (χ0v) is 17.3. The molecule has 0 aliphatic rings. The first-order valence-electron chi connectivity index (χ1n) is 9.36. The van der Waals surface area contributed by atoms with E-state index < -0.39 is 11.7 Å². The van der Waals surface area contributed by atoms with Crippen LogP contribution in [0.5, 0.6) is 11.5 Å². The van der Waals surface area contributed by atoms with Gasteiger partial charge in [0.2, 0.25) is 0 Å². The molecule has 1 aromatic carbocycles. The van der Waals surface area contributed by atoms with Crippen LogP contribution >= 0.6 is 0 Å². The highest BCUT2D eigenvalue weighted by Gasteiger charge is 2.24. The van der Waals surface area contributed by atoms with Crippen LogP contribution in [-0.4, -0.2) is 26.4 Å². The number of fused-ring (bicyclic) bond motifs is 1. The molecule has 1 N–H and O–H groups in total. The largest absolute Gasteiger partial charge is 0.505 e. The quantitative estimate of drug-likeness (QED) is 0.651. The monoisotopic (exact) mass is 384 g/mol. The van der Waals surface area contributed by atoms with Crippen molar-refractivity contribution in [1.29, 1.82) is 0 Å². The van der Waals surface area contributed by atoms with Gasteiger partial charge in [-0.15, -0.1) is 0 Å². The van der Waals surface area contributed by atoms with Gasteiger partial charge in [0.25, 0.3) is 0 Å². The van der Waals surface area contributed by atoms with Crippen LogP contribution in [0, 0.1) is 6.92 Å². The Kier molecular flexibility index (Phi) is 6.67. The second-order valence-corrected chi connectivity index (χ2v) is 7.04. The number of pyridine rings is 1. The number of ether oxygens (including phenoxy) is 2. The molecule has 0 unspecified atom stereocenters. The van der Waals surface area contributed by atoms with Crippen LogP contribution in [0.1, 0.15) is 46.0 Å². The first kappa shape index (κ1) is 21.3. The second kappa shape index (κ2) is 8.78. The summed E-state index contributed by atoms with van der Waals surface area (Å²) in [5.41, 5.74) is 1.18. The van der Waals surface area contributed by atoms with Crippen LogP contribution in [0.15, 0.2) is 42.6 Å². The fraction of sp³-hybridized carbons (Fsp3) is 0.364. The van der Waals surface area contributed by atoms with Crippen LogP contribution in [-0.2, 0) is 11.3 Å². The van der Waals surface area contributed by atoms with E-state index in [-0.39, 0.29) is 5.75 Å².